The first-order valence-electron chi connectivity index (χ1n) is 8.17. The second-order valence-corrected chi connectivity index (χ2v) is 6.73. The highest BCUT2D eigenvalue weighted by atomic mass is 15.2. The summed E-state index contributed by atoms with van der Waals surface area (Å²) in [6, 6.07) is 0.852. The van der Waals surface area contributed by atoms with Gasteiger partial charge in [0.2, 0.25) is 0 Å². The van der Waals surface area contributed by atoms with E-state index < -0.39 is 0 Å². The van der Waals surface area contributed by atoms with Crippen molar-refractivity contribution in [3.63, 3.8) is 0 Å². The Morgan fingerprint density at radius 2 is 1.68 bits per heavy atom. The molecule has 0 saturated carbocycles. The van der Waals surface area contributed by atoms with E-state index in [0.29, 0.717) is 0 Å². The third-order valence-electron chi connectivity index (χ3n) is 5.26. The monoisotopic (exact) mass is 266 g/mol. The lowest BCUT2D eigenvalue weighted by Crippen LogP contribution is -2.48. The van der Waals surface area contributed by atoms with E-state index in [1.165, 1.54) is 78.2 Å². The van der Waals surface area contributed by atoms with Gasteiger partial charge in [0.15, 0.2) is 0 Å². The Labute approximate surface area is 118 Å². The molecular formula is C15H30N4. The van der Waals surface area contributed by atoms with Gasteiger partial charge >= 0.3 is 0 Å². The van der Waals surface area contributed by atoms with Gasteiger partial charge in [0.1, 0.15) is 0 Å². The Morgan fingerprint density at radius 1 is 0.947 bits per heavy atom. The van der Waals surface area contributed by atoms with Gasteiger partial charge in [-0.1, -0.05) is 0 Å². The molecule has 1 unspecified atom stereocenters. The number of hydrogen-bond donors (Lipinski definition) is 1. The zero-order valence-electron chi connectivity index (χ0n) is 12.5. The normalized spacial score (nSPS) is 33.0. The molecule has 3 aliphatic rings. The highest BCUT2D eigenvalue weighted by molar-refractivity contribution is 4.85. The van der Waals surface area contributed by atoms with Crippen molar-refractivity contribution < 1.29 is 0 Å². The molecular weight excluding hydrogens is 236 g/mol. The summed E-state index contributed by atoms with van der Waals surface area (Å²) >= 11 is 0. The third-order valence-corrected chi connectivity index (χ3v) is 5.26. The van der Waals surface area contributed by atoms with Crippen molar-refractivity contribution in [3.8, 4) is 0 Å². The van der Waals surface area contributed by atoms with Crippen molar-refractivity contribution in [1.29, 1.82) is 0 Å². The molecule has 0 aromatic rings. The lowest BCUT2D eigenvalue weighted by molar-refractivity contribution is 0.108. The molecule has 19 heavy (non-hydrogen) atoms. The van der Waals surface area contributed by atoms with E-state index in [4.69, 9.17) is 0 Å². The Balaban J connectivity index is 1.39. The first-order chi connectivity index (χ1) is 9.31. The van der Waals surface area contributed by atoms with Crippen LogP contribution in [0.3, 0.4) is 0 Å². The fourth-order valence-corrected chi connectivity index (χ4v) is 3.97. The quantitative estimate of drug-likeness (QED) is 0.793. The summed E-state index contributed by atoms with van der Waals surface area (Å²) in [5.41, 5.74) is 0. The second kappa shape index (κ2) is 6.53. The van der Waals surface area contributed by atoms with Crippen molar-refractivity contribution in [1.82, 2.24) is 20.0 Å². The molecule has 4 nitrogen and oxygen atoms in total. The van der Waals surface area contributed by atoms with Gasteiger partial charge in [-0.15, -0.1) is 0 Å². The van der Waals surface area contributed by atoms with Crippen LogP contribution in [0.25, 0.3) is 0 Å². The minimum absolute atomic E-state index is 0.852. The van der Waals surface area contributed by atoms with Gasteiger partial charge in [-0.25, -0.2) is 0 Å². The number of likely N-dealkylation sites (N-methyl/N-ethyl adjacent to an activating group) is 1. The molecule has 0 aliphatic carbocycles. The van der Waals surface area contributed by atoms with Gasteiger partial charge in [0.25, 0.3) is 0 Å². The van der Waals surface area contributed by atoms with Gasteiger partial charge < -0.3 is 15.1 Å². The Hall–Kier alpha value is -0.160. The number of likely N-dealkylation sites (tertiary alicyclic amines) is 2. The summed E-state index contributed by atoms with van der Waals surface area (Å²) < 4.78 is 0. The Bertz CT molecular complexity index is 269. The minimum atomic E-state index is 0.852. The average molecular weight is 266 g/mol. The van der Waals surface area contributed by atoms with E-state index in [2.05, 4.69) is 27.1 Å². The van der Waals surface area contributed by atoms with Crippen molar-refractivity contribution in [3.05, 3.63) is 0 Å². The van der Waals surface area contributed by atoms with Crippen LogP contribution in [0.4, 0.5) is 0 Å². The molecule has 0 radical (unpaired) electrons. The van der Waals surface area contributed by atoms with Crippen molar-refractivity contribution in [2.24, 2.45) is 5.92 Å². The largest absolute Gasteiger partial charge is 0.314 e. The zero-order chi connectivity index (χ0) is 13.1. The fraction of sp³-hybridized carbons (Fsp3) is 1.00. The number of piperazine rings is 1. The highest BCUT2D eigenvalue weighted by Crippen LogP contribution is 2.23. The smallest absolute Gasteiger partial charge is 0.0235 e. The third kappa shape index (κ3) is 3.69. The van der Waals surface area contributed by atoms with Gasteiger partial charge in [-0.05, 0) is 51.9 Å². The van der Waals surface area contributed by atoms with Crippen LogP contribution in [0.15, 0.2) is 0 Å². The highest BCUT2D eigenvalue weighted by Gasteiger charge is 2.29. The van der Waals surface area contributed by atoms with E-state index in [1.54, 1.807) is 0 Å². The van der Waals surface area contributed by atoms with E-state index in [0.717, 1.165) is 12.0 Å². The predicted molar refractivity (Wildman–Crippen MR) is 79.5 cm³/mol. The lowest BCUT2D eigenvalue weighted by atomic mass is 9.94. The summed E-state index contributed by atoms with van der Waals surface area (Å²) in [7, 11) is 2.26. The molecule has 3 rings (SSSR count). The summed E-state index contributed by atoms with van der Waals surface area (Å²) in [4.78, 5) is 7.91. The maximum atomic E-state index is 3.45. The van der Waals surface area contributed by atoms with Crippen molar-refractivity contribution in [2.75, 3.05) is 66.0 Å². The summed E-state index contributed by atoms with van der Waals surface area (Å²) in [5, 5.41) is 3.45. The van der Waals surface area contributed by atoms with Gasteiger partial charge in [-0.3, -0.25) is 4.90 Å². The first-order valence-corrected chi connectivity index (χ1v) is 8.17. The standard InChI is InChI=1S/C15H30N4/c1-17-7-4-15(13-17)19-8-2-14(3-9-19)12-18-10-5-16-6-11-18/h14-16H,2-13H2,1H3. The summed E-state index contributed by atoms with van der Waals surface area (Å²) in [6.07, 6.45) is 4.23. The van der Waals surface area contributed by atoms with E-state index in [9.17, 15) is 0 Å². The molecule has 1 atom stereocenters. The van der Waals surface area contributed by atoms with Gasteiger partial charge in [-0.2, -0.15) is 0 Å². The summed E-state index contributed by atoms with van der Waals surface area (Å²) in [6.45, 7) is 11.5. The maximum Gasteiger partial charge on any atom is 0.0235 e. The predicted octanol–water partition coefficient (Wildman–Crippen LogP) is 0.308. The Kier molecular flexibility index (Phi) is 4.74. The first kappa shape index (κ1) is 13.8. The molecule has 110 valence electrons. The van der Waals surface area contributed by atoms with E-state index >= 15 is 0 Å². The molecule has 0 aromatic carbocycles. The van der Waals surface area contributed by atoms with Crippen LogP contribution in [0.5, 0.6) is 0 Å². The fourth-order valence-electron chi connectivity index (χ4n) is 3.97. The topological polar surface area (TPSA) is 21.8 Å². The number of nitrogens with one attached hydrogen (secondary N) is 1. The second-order valence-electron chi connectivity index (χ2n) is 6.73. The van der Waals surface area contributed by atoms with Gasteiger partial charge in [0.05, 0.1) is 0 Å². The van der Waals surface area contributed by atoms with Crippen LogP contribution in [0.1, 0.15) is 19.3 Å². The van der Waals surface area contributed by atoms with E-state index in [-0.39, 0.29) is 0 Å². The molecule has 3 fully saturated rings. The average Bonchev–Trinajstić information content (AvgIpc) is 2.87. The van der Waals surface area contributed by atoms with Crippen molar-refractivity contribution in [2.45, 2.75) is 25.3 Å². The molecule has 0 spiro atoms. The zero-order valence-corrected chi connectivity index (χ0v) is 12.5. The minimum Gasteiger partial charge on any atom is -0.314 e. The molecule has 0 amide bonds. The summed E-state index contributed by atoms with van der Waals surface area (Å²) in [5.74, 6) is 0.952. The number of hydrogen-bond acceptors (Lipinski definition) is 4. The SMILES string of the molecule is CN1CCC(N2CCC(CN3CCNCC3)CC2)C1. The lowest BCUT2D eigenvalue weighted by Gasteiger charge is -2.38. The van der Waals surface area contributed by atoms with Crippen LogP contribution < -0.4 is 5.32 Å². The van der Waals surface area contributed by atoms with Crippen LogP contribution in [-0.2, 0) is 0 Å². The maximum absolute atomic E-state index is 3.45. The number of piperidine rings is 1. The van der Waals surface area contributed by atoms with Crippen LogP contribution in [0.2, 0.25) is 0 Å². The molecule has 1 N–H and O–H groups in total. The van der Waals surface area contributed by atoms with Crippen LogP contribution >= 0.6 is 0 Å². The van der Waals surface area contributed by atoms with Crippen LogP contribution in [-0.4, -0.2) is 86.7 Å². The number of rotatable bonds is 3. The van der Waals surface area contributed by atoms with Crippen LogP contribution in [0, 0.1) is 5.92 Å². The molecule has 3 heterocycles. The molecule has 0 aromatic heterocycles. The Morgan fingerprint density at radius 3 is 2.32 bits per heavy atom. The van der Waals surface area contributed by atoms with Gasteiger partial charge in [0, 0.05) is 45.3 Å². The molecule has 3 aliphatic heterocycles. The number of nitrogens with zero attached hydrogens (tertiary/aromatic N) is 3. The molecule has 3 saturated heterocycles. The van der Waals surface area contributed by atoms with E-state index in [1.807, 2.05) is 0 Å². The van der Waals surface area contributed by atoms with Crippen molar-refractivity contribution >= 4 is 0 Å². The molecule has 0 bridgehead atoms. The molecule has 4 heteroatoms.